The van der Waals surface area contributed by atoms with Crippen molar-refractivity contribution >= 4 is 27.5 Å². The molecule has 1 amide bonds. The third-order valence-corrected chi connectivity index (χ3v) is 4.53. The lowest BCUT2D eigenvalue weighted by Gasteiger charge is -2.22. The summed E-state index contributed by atoms with van der Waals surface area (Å²) in [7, 11) is 0. The average Bonchev–Trinajstić information content (AvgIpc) is 3.06. The van der Waals surface area contributed by atoms with Crippen LogP contribution in [0, 0.1) is 0 Å². The highest BCUT2D eigenvalue weighted by molar-refractivity contribution is 7.16. The molecule has 3 rings (SSSR count). The van der Waals surface area contributed by atoms with E-state index in [1.807, 2.05) is 46.9 Å². The highest BCUT2D eigenvalue weighted by atomic mass is 32.1. The Bertz CT molecular complexity index is 785. The molecule has 0 saturated carbocycles. The molecule has 2 aromatic heterocycles. The molecule has 1 aromatic carbocycles. The van der Waals surface area contributed by atoms with Gasteiger partial charge in [0.05, 0.1) is 15.7 Å². The van der Waals surface area contributed by atoms with Crippen LogP contribution < -0.4 is 0 Å². The van der Waals surface area contributed by atoms with E-state index in [1.165, 1.54) is 0 Å². The van der Waals surface area contributed by atoms with E-state index in [0.29, 0.717) is 6.54 Å². The van der Waals surface area contributed by atoms with Gasteiger partial charge in [0.25, 0.3) is 5.91 Å². The van der Waals surface area contributed by atoms with Crippen LogP contribution in [0.3, 0.4) is 0 Å². The molecule has 0 radical (unpaired) electrons. The van der Waals surface area contributed by atoms with Crippen LogP contribution in [0.1, 0.15) is 35.7 Å². The van der Waals surface area contributed by atoms with Crippen LogP contribution in [0.15, 0.2) is 48.2 Å². The van der Waals surface area contributed by atoms with Crippen LogP contribution in [0.25, 0.3) is 10.2 Å². The van der Waals surface area contributed by atoms with Gasteiger partial charge in [-0.2, -0.15) is 0 Å². The fourth-order valence-corrected chi connectivity index (χ4v) is 3.20. The third kappa shape index (κ3) is 3.74. The molecule has 0 aliphatic carbocycles. The van der Waals surface area contributed by atoms with E-state index in [4.69, 9.17) is 0 Å². The van der Waals surface area contributed by atoms with Gasteiger partial charge in [0.15, 0.2) is 0 Å². The number of thiazole rings is 1. The molecule has 0 saturated heterocycles. The Balaban J connectivity index is 1.83. The summed E-state index contributed by atoms with van der Waals surface area (Å²) in [5, 5.41) is 0. The summed E-state index contributed by atoms with van der Waals surface area (Å²) in [6.45, 7) is 3.48. The summed E-state index contributed by atoms with van der Waals surface area (Å²) >= 11 is 1.56. The molecular formula is C18H19N3OS. The average molecular weight is 325 g/mol. The van der Waals surface area contributed by atoms with Crippen molar-refractivity contribution in [1.29, 1.82) is 0 Å². The summed E-state index contributed by atoms with van der Waals surface area (Å²) in [4.78, 5) is 23.2. The molecule has 4 nitrogen and oxygen atoms in total. The van der Waals surface area contributed by atoms with Gasteiger partial charge in [0.2, 0.25) is 0 Å². The van der Waals surface area contributed by atoms with Crippen LogP contribution in [-0.4, -0.2) is 27.3 Å². The Morgan fingerprint density at radius 1 is 1.30 bits per heavy atom. The van der Waals surface area contributed by atoms with Gasteiger partial charge in [-0.05, 0) is 36.2 Å². The molecule has 0 N–H and O–H groups in total. The van der Waals surface area contributed by atoms with Gasteiger partial charge < -0.3 is 4.90 Å². The van der Waals surface area contributed by atoms with Crippen molar-refractivity contribution in [2.24, 2.45) is 0 Å². The quantitative estimate of drug-likeness (QED) is 0.684. The summed E-state index contributed by atoms with van der Waals surface area (Å²) < 4.78 is 1.05. The number of fused-ring (bicyclic) bond motifs is 1. The second-order valence-electron chi connectivity index (χ2n) is 5.48. The van der Waals surface area contributed by atoms with Crippen molar-refractivity contribution in [3.8, 4) is 0 Å². The Kier molecular flexibility index (Phi) is 4.98. The first-order chi connectivity index (χ1) is 11.3. The topological polar surface area (TPSA) is 46.1 Å². The molecule has 5 heteroatoms. The lowest BCUT2D eigenvalue weighted by Crippen LogP contribution is -2.31. The summed E-state index contributed by atoms with van der Waals surface area (Å²) in [5.74, 6) is 0.0672. The molecular weight excluding hydrogens is 306 g/mol. The molecule has 0 unspecified atom stereocenters. The number of benzene rings is 1. The van der Waals surface area contributed by atoms with Gasteiger partial charge in [-0.3, -0.25) is 9.78 Å². The number of pyridine rings is 1. The smallest absolute Gasteiger partial charge is 0.254 e. The van der Waals surface area contributed by atoms with E-state index in [2.05, 4.69) is 16.9 Å². The van der Waals surface area contributed by atoms with Crippen LogP contribution >= 0.6 is 11.3 Å². The van der Waals surface area contributed by atoms with Gasteiger partial charge in [-0.1, -0.05) is 19.4 Å². The van der Waals surface area contributed by atoms with E-state index < -0.39 is 0 Å². The van der Waals surface area contributed by atoms with Crippen LogP contribution in [-0.2, 0) is 6.54 Å². The molecule has 0 aliphatic rings. The van der Waals surface area contributed by atoms with E-state index in [9.17, 15) is 4.79 Å². The Morgan fingerprint density at radius 3 is 3.00 bits per heavy atom. The van der Waals surface area contributed by atoms with Crippen molar-refractivity contribution in [3.63, 3.8) is 0 Å². The van der Waals surface area contributed by atoms with Gasteiger partial charge in [-0.15, -0.1) is 11.3 Å². The first-order valence-corrected chi connectivity index (χ1v) is 8.67. The normalized spacial score (nSPS) is 10.8. The van der Waals surface area contributed by atoms with Gasteiger partial charge in [0, 0.05) is 31.0 Å². The Hall–Kier alpha value is -2.27. The monoisotopic (exact) mass is 325 g/mol. The Morgan fingerprint density at radius 2 is 2.22 bits per heavy atom. The minimum atomic E-state index is 0.0672. The van der Waals surface area contributed by atoms with E-state index in [1.54, 1.807) is 17.5 Å². The summed E-state index contributed by atoms with van der Waals surface area (Å²) in [6.07, 6.45) is 5.62. The zero-order valence-electron chi connectivity index (χ0n) is 13.1. The standard InChI is InChI=1S/C18H19N3OS/c1-2-3-9-21(12-14-5-4-8-19-11-14)18(22)15-6-7-16-17(10-15)23-13-20-16/h4-8,10-11,13H,2-3,9,12H2,1H3. The van der Waals surface area contributed by atoms with Crippen molar-refractivity contribution in [3.05, 3.63) is 59.4 Å². The number of unbranched alkanes of at least 4 members (excludes halogenated alkanes) is 1. The number of amides is 1. The SMILES string of the molecule is CCCCN(Cc1cccnc1)C(=O)c1ccc2ncsc2c1. The van der Waals surface area contributed by atoms with Crippen molar-refractivity contribution < 1.29 is 4.79 Å². The van der Waals surface area contributed by atoms with Crippen molar-refractivity contribution in [2.45, 2.75) is 26.3 Å². The second-order valence-corrected chi connectivity index (χ2v) is 6.36. The van der Waals surface area contributed by atoms with Crippen LogP contribution in [0.4, 0.5) is 0 Å². The first kappa shape index (κ1) is 15.6. The molecule has 23 heavy (non-hydrogen) atoms. The predicted octanol–water partition coefficient (Wildman–Crippen LogP) is 4.13. The van der Waals surface area contributed by atoms with Crippen molar-refractivity contribution in [1.82, 2.24) is 14.9 Å². The number of carbonyl (C=O) groups excluding carboxylic acids is 1. The molecule has 0 fully saturated rings. The molecule has 0 atom stereocenters. The molecule has 3 aromatic rings. The molecule has 0 aliphatic heterocycles. The first-order valence-electron chi connectivity index (χ1n) is 7.79. The maximum atomic E-state index is 12.9. The lowest BCUT2D eigenvalue weighted by molar-refractivity contribution is 0.0741. The number of hydrogen-bond acceptors (Lipinski definition) is 4. The van der Waals surface area contributed by atoms with Crippen LogP contribution in [0.5, 0.6) is 0 Å². The molecule has 2 heterocycles. The maximum absolute atomic E-state index is 12.9. The Labute approximate surface area is 139 Å². The number of rotatable bonds is 6. The summed E-state index contributed by atoms with van der Waals surface area (Å²) in [6, 6.07) is 9.64. The summed E-state index contributed by atoms with van der Waals surface area (Å²) in [5.41, 5.74) is 4.53. The molecule has 0 bridgehead atoms. The predicted molar refractivity (Wildman–Crippen MR) is 93.5 cm³/mol. The van der Waals surface area contributed by atoms with Gasteiger partial charge in [-0.25, -0.2) is 4.98 Å². The minimum Gasteiger partial charge on any atom is -0.334 e. The van der Waals surface area contributed by atoms with Crippen LogP contribution in [0.2, 0.25) is 0 Å². The number of hydrogen-bond donors (Lipinski definition) is 0. The van der Waals surface area contributed by atoms with Crippen molar-refractivity contribution in [2.75, 3.05) is 6.54 Å². The third-order valence-electron chi connectivity index (χ3n) is 3.74. The second kappa shape index (κ2) is 7.33. The zero-order chi connectivity index (χ0) is 16.1. The number of carbonyl (C=O) groups is 1. The molecule has 118 valence electrons. The minimum absolute atomic E-state index is 0.0672. The highest BCUT2D eigenvalue weighted by Gasteiger charge is 2.16. The maximum Gasteiger partial charge on any atom is 0.254 e. The molecule has 0 spiro atoms. The lowest BCUT2D eigenvalue weighted by atomic mass is 10.1. The number of nitrogens with zero attached hydrogens (tertiary/aromatic N) is 3. The van der Waals surface area contributed by atoms with E-state index in [-0.39, 0.29) is 5.91 Å². The number of aromatic nitrogens is 2. The van der Waals surface area contributed by atoms with E-state index >= 15 is 0 Å². The van der Waals surface area contributed by atoms with E-state index in [0.717, 1.165) is 40.7 Å². The fourth-order valence-electron chi connectivity index (χ4n) is 2.48. The van der Waals surface area contributed by atoms with Gasteiger partial charge in [0.1, 0.15) is 0 Å². The van der Waals surface area contributed by atoms with Gasteiger partial charge >= 0.3 is 0 Å². The largest absolute Gasteiger partial charge is 0.334 e. The fraction of sp³-hybridized carbons (Fsp3) is 0.278. The highest BCUT2D eigenvalue weighted by Crippen LogP contribution is 2.20. The zero-order valence-corrected chi connectivity index (χ0v) is 13.9.